The molecule has 1 aliphatic heterocycles. The van der Waals surface area contributed by atoms with Crippen LogP contribution in [0.1, 0.15) is 22.8 Å². The van der Waals surface area contributed by atoms with Crippen molar-refractivity contribution < 1.29 is 28.5 Å². The van der Waals surface area contributed by atoms with Gasteiger partial charge in [0.25, 0.3) is 5.91 Å². The Hall–Kier alpha value is -3.00. The number of likely N-dealkylation sites (N-methyl/N-ethyl adjacent to an activating group) is 1. The van der Waals surface area contributed by atoms with Crippen LogP contribution in [0.15, 0.2) is 40.9 Å². The molecule has 1 heterocycles. The number of carbonyl (C=O) groups is 2. The highest BCUT2D eigenvalue weighted by atomic mass is 79.9. The normalized spacial score (nSPS) is 12.1. The molecule has 0 saturated carbocycles. The maximum atomic E-state index is 12.5. The fourth-order valence-corrected chi connectivity index (χ4v) is 3.24. The fraction of sp³-hybridized carbons (Fsp3) is 0.273. The molecule has 7 nitrogen and oxygen atoms in total. The molecule has 0 unspecified atom stereocenters. The smallest absolute Gasteiger partial charge is 0.259 e. The van der Waals surface area contributed by atoms with Gasteiger partial charge in [0.2, 0.25) is 6.79 Å². The van der Waals surface area contributed by atoms with E-state index in [-0.39, 0.29) is 25.1 Å². The number of hydrogen-bond donors (Lipinski definition) is 0. The van der Waals surface area contributed by atoms with Crippen LogP contribution in [0.25, 0.3) is 6.08 Å². The predicted molar refractivity (Wildman–Crippen MR) is 115 cm³/mol. The third kappa shape index (κ3) is 5.13. The van der Waals surface area contributed by atoms with Gasteiger partial charge in [-0.2, -0.15) is 0 Å². The molecule has 1 amide bonds. The number of amides is 1. The zero-order valence-electron chi connectivity index (χ0n) is 16.9. The summed E-state index contributed by atoms with van der Waals surface area (Å²) in [4.78, 5) is 25.8. The molecule has 0 bridgehead atoms. The summed E-state index contributed by atoms with van der Waals surface area (Å²) in [5.74, 6) is 1.77. The van der Waals surface area contributed by atoms with Crippen LogP contribution in [0.3, 0.4) is 0 Å². The van der Waals surface area contributed by atoms with E-state index in [1.165, 1.54) is 11.0 Å². The second-order valence-corrected chi connectivity index (χ2v) is 7.46. The molecule has 2 aromatic carbocycles. The van der Waals surface area contributed by atoms with Crippen LogP contribution in [-0.2, 0) is 4.79 Å². The Kier molecular flexibility index (Phi) is 6.99. The molecule has 8 heteroatoms. The molecule has 0 fully saturated rings. The number of hydrogen-bond acceptors (Lipinski definition) is 6. The molecular weight excluding hydrogens is 454 g/mol. The fourth-order valence-electron chi connectivity index (χ4n) is 2.67. The van der Waals surface area contributed by atoms with E-state index in [1.54, 1.807) is 50.5 Å². The van der Waals surface area contributed by atoms with Crippen LogP contribution in [0.4, 0.5) is 0 Å². The molecule has 0 aromatic heterocycles. The average Bonchev–Trinajstić information content (AvgIpc) is 3.19. The molecule has 0 N–H and O–H groups in total. The van der Waals surface area contributed by atoms with Gasteiger partial charge in [-0.15, -0.1) is 0 Å². The summed E-state index contributed by atoms with van der Waals surface area (Å²) in [6.07, 6.45) is 3.17. The van der Waals surface area contributed by atoms with Gasteiger partial charge in [-0.05, 0) is 64.8 Å². The minimum Gasteiger partial charge on any atom is -0.490 e. The van der Waals surface area contributed by atoms with Crippen LogP contribution in [0, 0.1) is 0 Å². The first-order valence-corrected chi connectivity index (χ1v) is 10.1. The van der Waals surface area contributed by atoms with Gasteiger partial charge in [0.15, 0.2) is 35.4 Å². The van der Waals surface area contributed by atoms with E-state index < -0.39 is 0 Å². The van der Waals surface area contributed by atoms with Crippen molar-refractivity contribution in [3.63, 3.8) is 0 Å². The Morgan fingerprint density at radius 3 is 2.63 bits per heavy atom. The average molecular weight is 476 g/mol. The van der Waals surface area contributed by atoms with E-state index in [9.17, 15) is 9.59 Å². The molecule has 3 rings (SSSR count). The predicted octanol–water partition coefficient (Wildman–Crippen LogP) is 3.94. The lowest BCUT2D eigenvalue weighted by Crippen LogP contribution is -2.27. The number of nitrogens with zero attached hydrogens (tertiary/aromatic N) is 1. The second kappa shape index (κ2) is 9.67. The van der Waals surface area contributed by atoms with Crippen molar-refractivity contribution in [1.82, 2.24) is 4.90 Å². The molecule has 0 aliphatic carbocycles. The monoisotopic (exact) mass is 475 g/mol. The summed E-state index contributed by atoms with van der Waals surface area (Å²) in [5.41, 5.74) is 1.24. The Labute approximate surface area is 183 Å². The van der Waals surface area contributed by atoms with Crippen molar-refractivity contribution in [3.8, 4) is 23.0 Å². The first kappa shape index (κ1) is 21.7. The van der Waals surface area contributed by atoms with E-state index in [1.807, 2.05) is 6.92 Å². The first-order chi connectivity index (χ1) is 14.4. The van der Waals surface area contributed by atoms with Crippen LogP contribution < -0.4 is 18.9 Å². The van der Waals surface area contributed by atoms with E-state index >= 15 is 0 Å². The minimum atomic E-state index is -0.167. The minimum absolute atomic E-state index is 0.108. The van der Waals surface area contributed by atoms with Crippen molar-refractivity contribution in [2.75, 3.05) is 34.1 Å². The molecule has 0 radical (unpaired) electrons. The summed E-state index contributed by atoms with van der Waals surface area (Å²) < 4.78 is 22.5. The Morgan fingerprint density at radius 2 is 1.90 bits per heavy atom. The van der Waals surface area contributed by atoms with Crippen LogP contribution in [0.2, 0.25) is 0 Å². The SMILES string of the molecule is CCOc1cc(/C=C/C(=O)c2ccc3c(c2)OCO3)cc(Br)c1OCC(=O)N(C)C. The lowest BCUT2D eigenvalue weighted by molar-refractivity contribution is -0.130. The molecule has 0 spiro atoms. The van der Waals surface area contributed by atoms with Crippen LogP contribution in [0.5, 0.6) is 23.0 Å². The summed E-state index contributed by atoms with van der Waals surface area (Å²) in [6, 6.07) is 8.62. The molecule has 30 heavy (non-hydrogen) atoms. The Balaban J connectivity index is 1.78. The van der Waals surface area contributed by atoms with Gasteiger partial charge in [0, 0.05) is 19.7 Å². The van der Waals surface area contributed by atoms with Gasteiger partial charge in [0.05, 0.1) is 11.1 Å². The molecule has 158 valence electrons. The standard InChI is InChI=1S/C22H22BrNO6/c1-4-27-20-10-14(9-16(23)22(20)28-12-21(26)24(2)3)5-7-17(25)15-6-8-18-19(11-15)30-13-29-18/h5-11H,4,12-13H2,1-3H3/b7-5+. The zero-order chi connectivity index (χ0) is 21.7. The van der Waals surface area contributed by atoms with Crippen molar-refractivity contribution in [2.45, 2.75) is 6.92 Å². The van der Waals surface area contributed by atoms with E-state index in [0.717, 1.165) is 5.56 Å². The summed E-state index contributed by atoms with van der Waals surface area (Å²) in [5, 5.41) is 0. The van der Waals surface area contributed by atoms with E-state index in [0.29, 0.717) is 39.6 Å². The summed E-state index contributed by atoms with van der Waals surface area (Å²) >= 11 is 3.46. The third-order valence-corrected chi connectivity index (χ3v) is 4.84. The maximum absolute atomic E-state index is 12.5. The largest absolute Gasteiger partial charge is 0.490 e. The molecular formula is C22H22BrNO6. The van der Waals surface area contributed by atoms with Gasteiger partial charge < -0.3 is 23.8 Å². The third-order valence-electron chi connectivity index (χ3n) is 4.25. The quantitative estimate of drug-likeness (QED) is 0.425. The highest BCUT2D eigenvalue weighted by molar-refractivity contribution is 9.10. The molecule has 0 saturated heterocycles. The van der Waals surface area contributed by atoms with Crippen molar-refractivity contribution in [1.29, 1.82) is 0 Å². The summed E-state index contributed by atoms with van der Waals surface area (Å²) in [7, 11) is 3.32. The number of carbonyl (C=O) groups excluding carboxylic acids is 2. The maximum Gasteiger partial charge on any atom is 0.259 e. The molecule has 0 atom stereocenters. The highest BCUT2D eigenvalue weighted by Gasteiger charge is 2.16. The number of benzene rings is 2. The molecule has 1 aliphatic rings. The van der Waals surface area contributed by atoms with Crippen LogP contribution >= 0.6 is 15.9 Å². The lowest BCUT2D eigenvalue weighted by atomic mass is 10.1. The summed E-state index contributed by atoms with van der Waals surface area (Å²) in [6.45, 7) is 2.33. The topological polar surface area (TPSA) is 74.3 Å². The number of rotatable bonds is 8. The number of ketones is 1. The molecule has 2 aromatic rings. The van der Waals surface area contributed by atoms with Gasteiger partial charge in [-0.25, -0.2) is 0 Å². The highest BCUT2D eigenvalue weighted by Crippen LogP contribution is 2.37. The zero-order valence-corrected chi connectivity index (χ0v) is 18.5. The van der Waals surface area contributed by atoms with Crippen molar-refractivity contribution in [3.05, 3.63) is 52.0 Å². The Bertz CT molecular complexity index is 986. The van der Waals surface area contributed by atoms with E-state index in [2.05, 4.69) is 15.9 Å². The lowest BCUT2D eigenvalue weighted by Gasteiger charge is -2.16. The second-order valence-electron chi connectivity index (χ2n) is 6.61. The van der Waals surface area contributed by atoms with Gasteiger partial charge >= 0.3 is 0 Å². The number of allylic oxidation sites excluding steroid dienone is 1. The van der Waals surface area contributed by atoms with Crippen LogP contribution in [-0.4, -0.2) is 50.7 Å². The van der Waals surface area contributed by atoms with Gasteiger partial charge in [-0.1, -0.05) is 6.08 Å². The van der Waals surface area contributed by atoms with Crippen molar-refractivity contribution in [2.24, 2.45) is 0 Å². The number of halogens is 1. The first-order valence-electron chi connectivity index (χ1n) is 9.30. The van der Waals surface area contributed by atoms with E-state index in [4.69, 9.17) is 18.9 Å². The van der Waals surface area contributed by atoms with Gasteiger partial charge in [-0.3, -0.25) is 9.59 Å². The number of fused-ring (bicyclic) bond motifs is 1. The van der Waals surface area contributed by atoms with Gasteiger partial charge in [0.1, 0.15) is 0 Å². The number of ether oxygens (including phenoxy) is 4. The Morgan fingerprint density at radius 1 is 1.13 bits per heavy atom. The van der Waals surface area contributed by atoms with Crippen molar-refractivity contribution >= 4 is 33.7 Å².